The summed E-state index contributed by atoms with van der Waals surface area (Å²) < 4.78 is 48.1. The van der Waals surface area contributed by atoms with Crippen molar-refractivity contribution in [3.05, 3.63) is 77.0 Å². The van der Waals surface area contributed by atoms with Crippen molar-refractivity contribution in [1.82, 2.24) is 14.7 Å². The van der Waals surface area contributed by atoms with Crippen molar-refractivity contribution in [3.63, 3.8) is 0 Å². The van der Waals surface area contributed by atoms with Gasteiger partial charge >= 0.3 is 6.18 Å². The van der Waals surface area contributed by atoms with E-state index in [0.29, 0.717) is 30.8 Å². The molecule has 1 amide bonds. The largest absolute Gasteiger partial charge is 0.497 e. The number of nitrogens with one attached hydrogen (secondary N) is 1. The Hall–Kier alpha value is -3.49. The molecule has 9 heteroatoms. The van der Waals surface area contributed by atoms with E-state index in [1.165, 1.54) is 18.7 Å². The maximum Gasteiger partial charge on any atom is 0.410 e. The first-order chi connectivity index (χ1) is 15.8. The number of fused-ring (bicyclic) bond motifs is 2. The number of amides is 1. The summed E-state index contributed by atoms with van der Waals surface area (Å²) in [6, 6.07) is 13.8. The van der Waals surface area contributed by atoms with Crippen LogP contribution in [0.25, 0.3) is 0 Å². The van der Waals surface area contributed by atoms with Gasteiger partial charge < -0.3 is 15.0 Å². The number of alkyl halides is 3. The van der Waals surface area contributed by atoms with Crippen LogP contribution < -0.4 is 10.1 Å². The Labute approximate surface area is 189 Å². The fourth-order valence-electron chi connectivity index (χ4n) is 4.59. The molecule has 3 aromatic rings. The van der Waals surface area contributed by atoms with E-state index >= 15 is 0 Å². The predicted molar refractivity (Wildman–Crippen MR) is 116 cm³/mol. The first kappa shape index (κ1) is 21.4. The number of hydrogen-bond donors (Lipinski definition) is 1. The van der Waals surface area contributed by atoms with Crippen LogP contribution in [0.2, 0.25) is 0 Å². The third kappa shape index (κ3) is 4.03. The lowest BCUT2D eigenvalue weighted by Crippen LogP contribution is -2.37. The molecule has 0 radical (unpaired) electrons. The van der Waals surface area contributed by atoms with Crippen molar-refractivity contribution in [1.29, 1.82) is 0 Å². The van der Waals surface area contributed by atoms with Crippen LogP contribution in [0, 0.1) is 0 Å². The van der Waals surface area contributed by atoms with Gasteiger partial charge in [-0.2, -0.15) is 18.3 Å². The van der Waals surface area contributed by atoms with Crippen molar-refractivity contribution in [2.75, 3.05) is 19.0 Å². The molecular formula is C24H23F3N4O2. The Morgan fingerprint density at radius 3 is 2.67 bits per heavy atom. The fraction of sp³-hybridized carbons (Fsp3) is 0.333. The molecule has 6 nitrogen and oxygen atoms in total. The number of hydrogen-bond acceptors (Lipinski definition) is 4. The molecule has 1 N–H and O–H groups in total. The van der Waals surface area contributed by atoms with Gasteiger partial charge in [-0.3, -0.25) is 4.79 Å². The van der Waals surface area contributed by atoms with E-state index in [9.17, 15) is 18.0 Å². The van der Waals surface area contributed by atoms with Crippen LogP contribution in [0.3, 0.4) is 0 Å². The summed E-state index contributed by atoms with van der Waals surface area (Å²) in [6.45, 7) is 0.917. The number of aromatic nitrogens is 2. The molecule has 0 spiro atoms. The molecule has 0 unspecified atom stereocenters. The number of anilines is 1. The van der Waals surface area contributed by atoms with E-state index in [0.717, 1.165) is 10.2 Å². The average molecular weight is 456 g/mol. The molecule has 0 fully saturated rings. The molecule has 5 rings (SSSR count). The minimum atomic E-state index is -4.51. The first-order valence-electron chi connectivity index (χ1n) is 10.8. The Kier molecular flexibility index (Phi) is 5.26. The summed E-state index contributed by atoms with van der Waals surface area (Å²) in [7, 11) is 1.51. The van der Waals surface area contributed by atoms with Gasteiger partial charge in [-0.05, 0) is 35.2 Å². The van der Waals surface area contributed by atoms with Crippen LogP contribution in [0.1, 0.15) is 45.7 Å². The quantitative estimate of drug-likeness (QED) is 0.618. The molecule has 0 aliphatic carbocycles. The maximum atomic E-state index is 14.0. The third-order valence-corrected chi connectivity index (χ3v) is 6.32. The van der Waals surface area contributed by atoms with Gasteiger partial charge in [0.25, 0.3) is 5.91 Å². The Bertz CT molecular complexity index is 1190. The number of benzene rings is 2. The van der Waals surface area contributed by atoms with E-state index in [4.69, 9.17) is 4.74 Å². The minimum absolute atomic E-state index is 0.0115. The van der Waals surface area contributed by atoms with Gasteiger partial charge in [0, 0.05) is 25.6 Å². The molecule has 3 heterocycles. The number of rotatable bonds is 3. The molecule has 2 aromatic carbocycles. The van der Waals surface area contributed by atoms with Crippen LogP contribution >= 0.6 is 0 Å². The highest BCUT2D eigenvalue weighted by Crippen LogP contribution is 2.44. The average Bonchev–Trinajstić information content (AvgIpc) is 3.26. The zero-order chi connectivity index (χ0) is 23.2. The Morgan fingerprint density at radius 2 is 1.91 bits per heavy atom. The highest BCUT2D eigenvalue weighted by atomic mass is 19.4. The second-order valence-corrected chi connectivity index (χ2v) is 8.37. The standard InChI is InChI=1S/C24H23F3N4O2/c1-33-18-8-4-7-16(11-18)19-12-21(24(25,26)27)31-22(28-19)13-20(29-31)23(32)30-10-9-15-5-2-3-6-17(15)14-30/h2-8,11,13,19,21,28H,9-10,12,14H2,1H3/t19-,21+/m0/s1. The van der Waals surface area contributed by atoms with Gasteiger partial charge in [-0.25, -0.2) is 4.68 Å². The normalized spacial score (nSPS) is 19.9. The fourth-order valence-corrected chi connectivity index (χ4v) is 4.59. The molecule has 1 aromatic heterocycles. The number of halogens is 3. The van der Waals surface area contributed by atoms with Gasteiger partial charge in [0.15, 0.2) is 11.7 Å². The van der Waals surface area contributed by atoms with Crippen LogP contribution in [-0.2, 0) is 13.0 Å². The Balaban J connectivity index is 1.44. The molecule has 2 atom stereocenters. The van der Waals surface area contributed by atoms with Crippen molar-refractivity contribution in [2.24, 2.45) is 0 Å². The Morgan fingerprint density at radius 1 is 1.12 bits per heavy atom. The van der Waals surface area contributed by atoms with E-state index in [2.05, 4.69) is 10.4 Å². The summed E-state index contributed by atoms with van der Waals surface area (Å²) in [4.78, 5) is 14.8. The lowest BCUT2D eigenvalue weighted by molar-refractivity contribution is -0.173. The molecule has 172 valence electrons. The summed E-state index contributed by atoms with van der Waals surface area (Å²) in [5, 5.41) is 7.24. The van der Waals surface area contributed by atoms with Crippen molar-refractivity contribution in [2.45, 2.75) is 37.6 Å². The molecule has 0 bridgehead atoms. The lowest BCUT2D eigenvalue weighted by Gasteiger charge is -2.33. The topological polar surface area (TPSA) is 59.4 Å². The van der Waals surface area contributed by atoms with Gasteiger partial charge in [-0.15, -0.1) is 0 Å². The summed E-state index contributed by atoms with van der Waals surface area (Å²) in [5.74, 6) is 0.377. The van der Waals surface area contributed by atoms with Gasteiger partial charge in [0.2, 0.25) is 0 Å². The zero-order valence-corrected chi connectivity index (χ0v) is 18.0. The minimum Gasteiger partial charge on any atom is -0.497 e. The smallest absolute Gasteiger partial charge is 0.410 e. The molecule has 33 heavy (non-hydrogen) atoms. The number of carbonyl (C=O) groups is 1. The van der Waals surface area contributed by atoms with Crippen LogP contribution in [0.15, 0.2) is 54.6 Å². The number of methoxy groups -OCH3 is 1. The first-order valence-corrected chi connectivity index (χ1v) is 10.8. The van der Waals surface area contributed by atoms with E-state index in [-0.39, 0.29) is 23.8 Å². The van der Waals surface area contributed by atoms with Gasteiger partial charge in [-0.1, -0.05) is 36.4 Å². The molecule has 2 aliphatic rings. The monoisotopic (exact) mass is 456 g/mol. The molecule has 2 aliphatic heterocycles. The third-order valence-electron chi connectivity index (χ3n) is 6.32. The van der Waals surface area contributed by atoms with Gasteiger partial charge in [0.1, 0.15) is 11.6 Å². The molecular weight excluding hydrogens is 433 g/mol. The highest BCUT2D eigenvalue weighted by Gasteiger charge is 2.47. The van der Waals surface area contributed by atoms with Gasteiger partial charge in [0.05, 0.1) is 13.2 Å². The zero-order valence-electron chi connectivity index (χ0n) is 18.0. The lowest BCUT2D eigenvalue weighted by atomic mass is 9.97. The number of ether oxygens (including phenoxy) is 1. The number of carbonyl (C=O) groups excluding carboxylic acids is 1. The molecule has 0 saturated carbocycles. The molecule has 0 saturated heterocycles. The van der Waals surface area contributed by atoms with E-state index in [1.807, 2.05) is 24.3 Å². The summed E-state index contributed by atoms with van der Waals surface area (Å²) >= 11 is 0. The SMILES string of the molecule is COc1cccc([C@@H]2C[C@H](C(F)(F)F)n3nc(C(=O)N4CCc5ccccc5C4)cc3N2)c1. The van der Waals surface area contributed by atoms with Crippen LogP contribution in [-0.4, -0.2) is 40.4 Å². The summed E-state index contributed by atoms with van der Waals surface area (Å²) in [5.41, 5.74) is 2.92. The maximum absolute atomic E-state index is 14.0. The predicted octanol–water partition coefficient (Wildman–Crippen LogP) is 4.75. The van der Waals surface area contributed by atoms with Crippen molar-refractivity contribution < 1.29 is 22.7 Å². The summed E-state index contributed by atoms with van der Waals surface area (Å²) in [6.07, 6.45) is -4.04. The number of nitrogens with zero attached hydrogens (tertiary/aromatic N) is 3. The van der Waals surface area contributed by atoms with E-state index < -0.39 is 18.3 Å². The second-order valence-electron chi connectivity index (χ2n) is 8.37. The van der Waals surface area contributed by atoms with Crippen molar-refractivity contribution >= 4 is 11.7 Å². The second kappa shape index (κ2) is 8.13. The van der Waals surface area contributed by atoms with Crippen LogP contribution in [0.5, 0.6) is 5.75 Å². The van der Waals surface area contributed by atoms with Crippen LogP contribution in [0.4, 0.5) is 19.0 Å². The highest BCUT2D eigenvalue weighted by molar-refractivity contribution is 5.93. The van der Waals surface area contributed by atoms with Crippen molar-refractivity contribution in [3.8, 4) is 5.75 Å². The van der Waals surface area contributed by atoms with E-state index in [1.54, 1.807) is 29.2 Å².